The Morgan fingerprint density at radius 3 is 2.38 bits per heavy atom. The van der Waals surface area contributed by atoms with Crippen LogP contribution in [-0.4, -0.2) is 11.8 Å². The number of anilines is 1. The topological polar surface area (TPSA) is 72.2 Å². The third kappa shape index (κ3) is 3.28. The molecule has 0 atom stereocenters. The van der Waals surface area contributed by atoms with Crippen LogP contribution in [0.3, 0.4) is 0 Å². The van der Waals surface area contributed by atoms with Crippen LogP contribution in [-0.2, 0) is 0 Å². The van der Waals surface area contributed by atoms with Crippen LogP contribution >= 0.6 is 38.6 Å². The molecule has 0 fully saturated rings. The van der Waals surface area contributed by atoms with Crippen LogP contribution in [0, 0.1) is 6.92 Å². The van der Waals surface area contributed by atoms with Crippen LogP contribution in [0.1, 0.15) is 24.9 Å². The lowest BCUT2D eigenvalue weighted by Gasteiger charge is -2.06. The van der Waals surface area contributed by atoms with Gasteiger partial charge in [-0.05, 0) is 40.5 Å². The monoisotopic (exact) mass is 420 g/mol. The molecule has 0 aliphatic rings. The molecule has 0 saturated heterocycles. The van der Waals surface area contributed by atoms with Gasteiger partial charge in [0.1, 0.15) is 5.00 Å². The first kappa shape index (κ1) is 16.9. The molecule has 0 aliphatic carbocycles. The van der Waals surface area contributed by atoms with Gasteiger partial charge >= 0.3 is 0 Å². The Kier molecular flexibility index (Phi) is 4.84. The third-order valence-corrected chi connectivity index (χ3v) is 6.06. The normalized spacial score (nSPS) is 10.6. The summed E-state index contributed by atoms with van der Waals surface area (Å²) in [5, 5.41) is 3.30. The molecule has 2 heterocycles. The van der Waals surface area contributed by atoms with Crippen LogP contribution < -0.4 is 11.1 Å². The Bertz CT molecular complexity index is 916. The second kappa shape index (κ2) is 6.88. The fraction of sp³-hybridized carbons (Fsp3) is 0.0588. The molecule has 0 aliphatic heterocycles. The van der Waals surface area contributed by atoms with Crippen LogP contribution in [0.5, 0.6) is 0 Å². The van der Waals surface area contributed by atoms with Gasteiger partial charge in [0.2, 0.25) is 0 Å². The van der Waals surface area contributed by atoms with Crippen molar-refractivity contribution in [2.45, 2.75) is 6.92 Å². The number of benzene rings is 1. The Morgan fingerprint density at radius 2 is 1.79 bits per heavy atom. The minimum Gasteiger partial charge on any atom is -0.365 e. The molecule has 2 aromatic heterocycles. The van der Waals surface area contributed by atoms with Gasteiger partial charge in [-0.1, -0.05) is 30.3 Å². The van der Waals surface area contributed by atoms with Gasteiger partial charge in [0.05, 0.1) is 14.2 Å². The molecule has 24 heavy (non-hydrogen) atoms. The average molecular weight is 421 g/mol. The van der Waals surface area contributed by atoms with E-state index in [0.29, 0.717) is 15.4 Å². The second-order valence-corrected chi connectivity index (χ2v) is 8.71. The van der Waals surface area contributed by atoms with E-state index < -0.39 is 5.91 Å². The van der Waals surface area contributed by atoms with E-state index in [1.807, 2.05) is 43.3 Å². The van der Waals surface area contributed by atoms with Crippen LogP contribution in [0.4, 0.5) is 5.00 Å². The van der Waals surface area contributed by atoms with Gasteiger partial charge in [-0.15, -0.1) is 22.7 Å². The number of nitrogens with two attached hydrogens (primary N) is 1. The van der Waals surface area contributed by atoms with Gasteiger partial charge in [0.25, 0.3) is 11.8 Å². The van der Waals surface area contributed by atoms with Crippen LogP contribution in [0.15, 0.2) is 46.3 Å². The number of carbonyl (C=O) groups excluding carboxylic acids is 2. The summed E-state index contributed by atoms with van der Waals surface area (Å²) in [5.41, 5.74) is 7.63. The molecule has 0 bridgehead atoms. The highest BCUT2D eigenvalue weighted by atomic mass is 79.9. The molecule has 3 aromatic rings. The van der Waals surface area contributed by atoms with Crippen molar-refractivity contribution in [1.29, 1.82) is 0 Å². The number of aryl methyl sites for hydroxylation is 1. The number of hydrogen-bond donors (Lipinski definition) is 2. The third-order valence-electron chi connectivity index (χ3n) is 3.42. The van der Waals surface area contributed by atoms with Gasteiger partial charge < -0.3 is 11.1 Å². The SMILES string of the molecule is Cc1sc(NC(=O)c2ccc(Br)s2)c(C(N)=O)c1-c1ccccc1. The fourth-order valence-electron chi connectivity index (χ4n) is 2.42. The van der Waals surface area contributed by atoms with E-state index in [1.165, 1.54) is 22.7 Å². The first-order valence-corrected chi connectivity index (χ1v) is 9.45. The maximum Gasteiger partial charge on any atom is 0.266 e. The molecule has 1 aromatic carbocycles. The molecule has 0 saturated carbocycles. The summed E-state index contributed by atoms with van der Waals surface area (Å²) in [5.74, 6) is -0.810. The number of primary amides is 1. The number of amides is 2. The first-order valence-electron chi connectivity index (χ1n) is 7.02. The van der Waals surface area contributed by atoms with E-state index in [0.717, 1.165) is 19.8 Å². The zero-order chi connectivity index (χ0) is 17.3. The Hall–Kier alpha value is -1.96. The van der Waals surface area contributed by atoms with Gasteiger partial charge in [0.15, 0.2) is 0 Å². The molecule has 7 heteroatoms. The summed E-state index contributed by atoms with van der Waals surface area (Å²) in [6.07, 6.45) is 0. The number of nitrogens with one attached hydrogen (secondary N) is 1. The number of hydrogen-bond acceptors (Lipinski definition) is 4. The fourth-order valence-corrected chi connectivity index (χ4v) is 4.78. The summed E-state index contributed by atoms with van der Waals surface area (Å²) in [7, 11) is 0. The summed E-state index contributed by atoms with van der Waals surface area (Å²) < 4.78 is 0.870. The smallest absolute Gasteiger partial charge is 0.266 e. The van der Waals surface area contributed by atoms with Crippen molar-refractivity contribution in [3.63, 3.8) is 0 Å². The molecular formula is C17H13BrN2O2S2. The van der Waals surface area contributed by atoms with Crippen molar-refractivity contribution < 1.29 is 9.59 Å². The molecule has 0 unspecified atom stereocenters. The van der Waals surface area contributed by atoms with Crippen molar-refractivity contribution in [3.05, 3.63) is 61.6 Å². The molecule has 122 valence electrons. The standard InChI is InChI=1S/C17H13BrN2O2S2/c1-9-13(10-5-3-2-4-6-10)14(15(19)21)17(23-9)20-16(22)11-7-8-12(18)24-11/h2-8H,1H3,(H2,19,21)(H,20,22). The lowest BCUT2D eigenvalue weighted by Crippen LogP contribution is -2.16. The molecular weight excluding hydrogens is 408 g/mol. The van der Waals surface area contributed by atoms with Crippen LogP contribution in [0.25, 0.3) is 11.1 Å². The summed E-state index contributed by atoms with van der Waals surface area (Å²) in [6, 6.07) is 13.1. The first-order chi connectivity index (χ1) is 11.5. The van der Waals surface area contributed by atoms with Gasteiger partial charge in [0, 0.05) is 10.4 Å². The number of carbonyl (C=O) groups is 2. The predicted molar refractivity (Wildman–Crippen MR) is 103 cm³/mol. The lowest BCUT2D eigenvalue weighted by molar-refractivity contribution is 0.100. The van der Waals surface area contributed by atoms with E-state index in [-0.39, 0.29) is 5.91 Å². The van der Waals surface area contributed by atoms with E-state index >= 15 is 0 Å². The lowest BCUT2D eigenvalue weighted by atomic mass is 10.0. The Labute approximate surface area is 155 Å². The van der Waals surface area contributed by atoms with Crippen molar-refractivity contribution in [2.24, 2.45) is 5.73 Å². The summed E-state index contributed by atoms with van der Waals surface area (Å²) in [4.78, 5) is 25.9. The van der Waals surface area contributed by atoms with Crippen molar-refractivity contribution in [2.75, 3.05) is 5.32 Å². The minimum absolute atomic E-state index is 0.255. The summed E-state index contributed by atoms with van der Waals surface area (Å²) in [6.45, 7) is 1.91. The highest BCUT2D eigenvalue weighted by molar-refractivity contribution is 9.11. The average Bonchev–Trinajstić information content (AvgIpc) is 3.11. The largest absolute Gasteiger partial charge is 0.365 e. The quantitative estimate of drug-likeness (QED) is 0.629. The molecule has 3 N–H and O–H groups in total. The van der Waals surface area contributed by atoms with Crippen molar-refractivity contribution in [3.8, 4) is 11.1 Å². The zero-order valence-corrected chi connectivity index (χ0v) is 15.8. The van der Waals surface area contributed by atoms with E-state index in [4.69, 9.17) is 5.73 Å². The van der Waals surface area contributed by atoms with Crippen molar-refractivity contribution >= 4 is 55.4 Å². The van der Waals surface area contributed by atoms with E-state index in [1.54, 1.807) is 6.07 Å². The molecule has 2 amide bonds. The van der Waals surface area contributed by atoms with Gasteiger partial charge in [-0.3, -0.25) is 9.59 Å². The number of rotatable bonds is 4. The zero-order valence-electron chi connectivity index (χ0n) is 12.6. The van der Waals surface area contributed by atoms with E-state index in [9.17, 15) is 9.59 Å². The highest BCUT2D eigenvalue weighted by Crippen LogP contribution is 2.40. The maximum absolute atomic E-state index is 12.4. The van der Waals surface area contributed by atoms with Gasteiger partial charge in [-0.2, -0.15) is 0 Å². The maximum atomic E-state index is 12.4. The number of thiophene rings is 2. The number of halogens is 1. The Balaban J connectivity index is 2.03. The van der Waals surface area contributed by atoms with Gasteiger partial charge in [-0.25, -0.2) is 0 Å². The second-order valence-electron chi connectivity index (χ2n) is 5.03. The molecule has 0 radical (unpaired) electrons. The predicted octanol–water partition coefficient (Wildman–Crippen LogP) is 4.90. The minimum atomic E-state index is -0.555. The van der Waals surface area contributed by atoms with Crippen molar-refractivity contribution in [1.82, 2.24) is 0 Å². The highest BCUT2D eigenvalue weighted by Gasteiger charge is 2.23. The Morgan fingerprint density at radius 1 is 1.08 bits per heavy atom. The molecule has 3 rings (SSSR count). The molecule has 0 spiro atoms. The van der Waals surface area contributed by atoms with Crippen LogP contribution in [0.2, 0.25) is 0 Å². The summed E-state index contributed by atoms with van der Waals surface area (Å²) >= 11 is 6.02. The molecule has 4 nitrogen and oxygen atoms in total. The van der Waals surface area contributed by atoms with E-state index in [2.05, 4.69) is 21.2 Å².